The summed E-state index contributed by atoms with van der Waals surface area (Å²) in [6.07, 6.45) is 0.548. The number of ketones is 1. The van der Waals surface area contributed by atoms with Gasteiger partial charge in [-0.3, -0.25) is 9.59 Å². The molecule has 2 aromatic rings. The molecule has 0 aromatic heterocycles. The molecule has 0 saturated heterocycles. The van der Waals surface area contributed by atoms with Crippen LogP contribution in [0.3, 0.4) is 0 Å². The van der Waals surface area contributed by atoms with Crippen LogP contribution in [0, 0.1) is 5.92 Å². The number of phenolic OH excluding ortho intramolecular Hbond substituents is 2. The summed E-state index contributed by atoms with van der Waals surface area (Å²) in [5.41, 5.74) is 1.07. The van der Waals surface area contributed by atoms with Crippen molar-refractivity contribution >= 4 is 11.7 Å². The molecule has 0 aliphatic carbocycles. The van der Waals surface area contributed by atoms with E-state index in [0.29, 0.717) is 17.9 Å². The third kappa shape index (κ3) is 4.89. The van der Waals surface area contributed by atoms with Crippen LogP contribution in [0.2, 0.25) is 0 Å². The average molecular weight is 456 g/mol. The Morgan fingerprint density at radius 2 is 1.73 bits per heavy atom. The molecule has 0 spiro atoms. The molecular weight excluding hydrogens is 426 g/mol. The van der Waals surface area contributed by atoms with E-state index in [9.17, 15) is 24.9 Å². The molecular formula is C25H29NO7. The van der Waals surface area contributed by atoms with Crippen LogP contribution in [0.15, 0.2) is 47.7 Å². The summed E-state index contributed by atoms with van der Waals surface area (Å²) in [5.74, 6) is -0.931. The van der Waals surface area contributed by atoms with E-state index in [1.54, 1.807) is 19.2 Å². The Hall–Kier alpha value is -3.68. The predicted molar refractivity (Wildman–Crippen MR) is 122 cm³/mol. The molecule has 8 nitrogen and oxygen atoms in total. The highest BCUT2D eigenvalue weighted by atomic mass is 16.5. The number of amides is 1. The van der Waals surface area contributed by atoms with Crippen LogP contribution in [0.4, 0.5) is 0 Å². The lowest BCUT2D eigenvalue weighted by Crippen LogP contribution is -2.33. The quantitative estimate of drug-likeness (QED) is 0.528. The molecule has 33 heavy (non-hydrogen) atoms. The first-order valence-corrected chi connectivity index (χ1v) is 10.7. The standard InChI is InChI=1S/C25H29NO7/c1-14(2)11-19(29)22-23(17-7-6-16(27)13-18(17)28)26(25(31)24(22)30)10-9-15-5-8-20(32-3)21(12-15)33-4/h5-8,12-14,23,27-28,30H,9-11H2,1-4H3. The smallest absolute Gasteiger partial charge is 0.290 e. The first-order valence-electron chi connectivity index (χ1n) is 10.7. The van der Waals surface area contributed by atoms with Gasteiger partial charge in [0.05, 0.1) is 25.8 Å². The second-order valence-electron chi connectivity index (χ2n) is 8.37. The van der Waals surface area contributed by atoms with Crippen molar-refractivity contribution in [2.24, 2.45) is 5.92 Å². The van der Waals surface area contributed by atoms with Crippen molar-refractivity contribution in [3.05, 3.63) is 58.9 Å². The van der Waals surface area contributed by atoms with Crippen LogP contribution in [-0.2, 0) is 16.0 Å². The van der Waals surface area contributed by atoms with Gasteiger partial charge in [0.25, 0.3) is 5.91 Å². The Balaban J connectivity index is 1.97. The van der Waals surface area contributed by atoms with Crippen LogP contribution in [-0.4, -0.2) is 52.7 Å². The molecule has 176 valence electrons. The van der Waals surface area contributed by atoms with Crippen molar-refractivity contribution in [3.63, 3.8) is 0 Å². The molecule has 3 rings (SSSR count). The fraction of sp³-hybridized carbons (Fsp3) is 0.360. The highest BCUT2D eigenvalue weighted by molar-refractivity contribution is 6.09. The molecule has 1 heterocycles. The number of phenols is 2. The number of aliphatic hydroxyl groups excluding tert-OH is 1. The van der Waals surface area contributed by atoms with Gasteiger partial charge < -0.3 is 29.7 Å². The number of hydrogen-bond acceptors (Lipinski definition) is 7. The maximum Gasteiger partial charge on any atom is 0.290 e. The first kappa shape index (κ1) is 24.0. The van der Waals surface area contributed by atoms with Gasteiger partial charge in [-0.2, -0.15) is 0 Å². The zero-order valence-corrected chi connectivity index (χ0v) is 19.2. The second-order valence-corrected chi connectivity index (χ2v) is 8.37. The minimum atomic E-state index is -0.968. The van der Waals surface area contributed by atoms with E-state index in [1.807, 2.05) is 19.9 Å². The lowest BCUT2D eigenvalue weighted by atomic mass is 9.91. The number of methoxy groups -OCH3 is 2. The number of hydrogen-bond donors (Lipinski definition) is 3. The Labute approximate surface area is 192 Å². The third-order valence-corrected chi connectivity index (χ3v) is 5.60. The number of Topliss-reactive ketones (excluding diaryl/α,β-unsaturated/α-hetero) is 1. The lowest BCUT2D eigenvalue weighted by molar-refractivity contribution is -0.129. The maximum atomic E-state index is 13.0. The van der Waals surface area contributed by atoms with E-state index in [2.05, 4.69) is 0 Å². The molecule has 0 saturated carbocycles. The first-order chi connectivity index (χ1) is 15.7. The number of benzene rings is 2. The second kappa shape index (κ2) is 9.85. The van der Waals surface area contributed by atoms with E-state index in [1.165, 1.54) is 24.1 Å². The fourth-order valence-corrected chi connectivity index (χ4v) is 4.02. The summed E-state index contributed by atoms with van der Waals surface area (Å²) in [5, 5.41) is 30.8. The van der Waals surface area contributed by atoms with Crippen LogP contribution in [0.5, 0.6) is 23.0 Å². The molecule has 0 fully saturated rings. The van der Waals surface area contributed by atoms with Gasteiger partial charge >= 0.3 is 0 Å². The van der Waals surface area contributed by atoms with E-state index >= 15 is 0 Å². The number of rotatable bonds is 9. The number of nitrogens with zero attached hydrogens (tertiary/aromatic N) is 1. The average Bonchev–Trinajstić information content (AvgIpc) is 3.01. The monoisotopic (exact) mass is 455 g/mol. The normalized spacial score (nSPS) is 16.0. The van der Waals surface area contributed by atoms with Crippen molar-refractivity contribution in [3.8, 4) is 23.0 Å². The highest BCUT2D eigenvalue weighted by Gasteiger charge is 2.44. The van der Waals surface area contributed by atoms with E-state index < -0.39 is 17.7 Å². The summed E-state index contributed by atoms with van der Waals surface area (Å²) >= 11 is 0. The molecule has 1 aliphatic rings. The number of carbonyl (C=O) groups excluding carboxylic acids is 2. The van der Waals surface area contributed by atoms with Crippen LogP contribution >= 0.6 is 0 Å². The largest absolute Gasteiger partial charge is 0.508 e. The van der Waals surface area contributed by atoms with Crippen LogP contribution in [0.25, 0.3) is 0 Å². The van der Waals surface area contributed by atoms with Crippen molar-refractivity contribution in [1.82, 2.24) is 4.90 Å². The Morgan fingerprint density at radius 3 is 2.33 bits per heavy atom. The van der Waals surface area contributed by atoms with Gasteiger partial charge in [-0.05, 0) is 42.2 Å². The minimum Gasteiger partial charge on any atom is -0.508 e. The number of aliphatic hydroxyl groups is 1. The van der Waals surface area contributed by atoms with Gasteiger partial charge in [0.15, 0.2) is 23.0 Å². The Morgan fingerprint density at radius 1 is 1.03 bits per heavy atom. The molecule has 1 amide bonds. The fourth-order valence-electron chi connectivity index (χ4n) is 4.02. The molecule has 3 N–H and O–H groups in total. The van der Waals surface area contributed by atoms with Crippen molar-refractivity contribution in [2.45, 2.75) is 32.7 Å². The van der Waals surface area contributed by atoms with Crippen molar-refractivity contribution < 1.29 is 34.4 Å². The van der Waals surface area contributed by atoms with Gasteiger partial charge in [-0.15, -0.1) is 0 Å². The summed E-state index contributed by atoms with van der Waals surface area (Å²) in [7, 11) is 3.07. The van der Waals surface area contributed by atoms with Crippen molar-refractivity contribution in [1.29, 1.82) is 0 Å². The minimum absolute atomic E-state index is 0.0165. The van der Waals surface area contributed by atoms with Gasteiger partial charge in [0.2, 0.25) is 0 Å². The summed E-state index contributed by atoms with van der Waals surface area (Å²) < 4.78 is 10.6. The molecule has 8 heteroatoms. The van der Waals surface area contributed by atoms with Gasteiger partial charge in [0.1, 0.15) is 11.5 Å². The summed E-state index contributed by atoms with van der Waals surface area (Å²) in [4.78, 5) is 27.4. The lowest BCUT2D eigenvalue weighted by Gasteiger charge is -2.27. The van der Waals surface area contributed by atoms with E-state index in [4.69, 9.17) is 9.47 Å². The molecule has 0 bridgehead atoms. The van der Waals surface area contributed by atoms with Gasteiger partial charge in [-0.25, -0.2) is 0 Å². The number of carbonyl (C=O) groups is 2. The Bertz CT molecular complexity index is 1090. The number of ether oxygens (including phenoxy) is 2. The van der Waals surface area contributed by atoms with Crippen LogP contribution < -0.4 is 9.47 Å². The summed E-state index contributed by atoms with van der Waals surface area (Å²) in [6.45, 7) is 3.91. The van der Waals surface area contributed by atoms with Gasteiger partial charge in [0, 0.05) is 24.6 Å². The molecule has 1 aliphatic heterocycles. The van der Waals surface area contributed by atoms with Crippen molar-refractivity contribution in [2.75, 3.05) is 20.8 Å². The molecule has 1 atom stereocenters. The topological polar surface area (TPSA) is 117 Å². The summed E-state index contributed by atoms with van der Waals surface area (Å²) in [6, 6.07) is 8.39. The van der Waals surface area contributed by atoms with E-state index in [-0.39, 0.29) is 47.3 Å². The van der Waals surface area contributed by atoms with Crippen LogP contribution in [0.1, 0.15) is 37.4 Å². The SMILES string of the molecule is COc1ccc(CCN2C(=O)C(O)=C(C(=O)CC(C)C)C2c2ccc(O)cc2O)cc1OC. The maximum absolute atomic E-state index is 13.0. The third-order valence-electron chi connectivity index (χ3n) is 5.60. The zero-order chi connectivity index (χ0) is 24.3. The predicted octanol–water partition coefficient (Wildman–Crippen LogP) is 3.67. The van der Waals surface area contributed by atoms with E-state index in [0.717, 1.165) is 11.6 Å². The van der Waals surface area contributed by atoms with Gasteiger partial charge in [-0.1, -0.05) is 19.9 Å². The zero-order valence-electron chi connectivity index (χ0n) is 19.2. The highest BCUT2D eigenvalue weighted by Crippen LogP contribution is 2.42. The molecule has 2 aromatic carbocycles. The number of aromatic hydroxyl groups is 2. The molecule has 1 unspecified atom stereocenters. The molecule has 0 radical (unpaired) electrons. The Kier molecular flexibility index (Phi) is 7.16.